The Morgan fingerprint density at radius 3 is 2.86 bits per heavy atom. The lowest BCUT2D eigenvalue weighted by Gasteiger charge is -2.23. The van der Waals surface area contributed by atoms with E-state index in [1.165, 1.54) is 6.07 Å². The third kappa shape index (κ3) is 4.99. The number of nitrogens with two attached hydrogens (primary N) is 1. The Labute approximate surface area is 125 Å². The highest BCUT2D eigenvalue weighted by Gasteiger charge is 2.11. The van der Waals surface area contributed by atoms with Gasteiger partial charge in [-0.1, -0.05) is 24.2 Å². The van der Waals surface area contributed by atoms with Crippen molar-refractivity contribution in [3.05, 3.63) is 35.1 Å². The highest BCUT2D eigenvalue weighted by molar-refractivity contribution is 5.97. The lowest BCUT2D eigenvalue weighted by atomic mass is 10.1. The number of oxime groups is 1. The Balaban J connectivity index is 2.53. The molecule has 0 aliphatic heterocycles. The van der Waals surface area contributed by atoms with Gasteiger partial charge < -0.3 is 21.2 Å². The van der Waals surface area contributed by atoms with Crippen LogP contribution >= 0.6 is 0 Å². The first kappa shape index (κ1) is 17.4. The van der Waals surface area contributed by atoms with Crippen LogP contribution in [0, 0.1) is 5.82 Å². The van der Waals surface area contributed by atoms with Gasteiger partial charge in [0.1, 0.15) is 5.82 Å². The first-order valence-corrected chi connectivity index (χ1v) is 7.17. The van der Waals surface area contributed by atoms with E-state index in [4.69, 9.17) is 10.9 Å². The number of nitrogens with zero attached hydrogens (tertiary/aromatic N) is 2. The van der Waals surface area contributed by atoms with Gasteiger partial charge in [0.05, 0.1) is 5.56 Å². The third-order valence-electron chi connectivity index (χ3n) is 3.76. The molecule has 118 valence electrons. The van der Waals surface area contributed by atoms with Gasteiger partial charge in [-0.3, -0.25) is 0 Å². The van der Waals surface area contributed by atoms with Gasteiger partial charge in [-0.25, -0.2) is 4.39 Å². The molecule has 0 aliphatic rings. The largest absolute Gasteiger partial charge is 0.409 e. The summed E-state index contributed by atoms with van der Waals surface area (Å²) >= 11 is 0. The van der Waals surface area contributed by atoms with Gasteiger partial charge >= 0.3 is 0 Å². The molecule has 0 amide bonds. The normalized spacial score (nSPS) is 13.7. The number of benzene rings is 1. The van der Waals surface area contributed by atoms with Gasteiger partial charge in [-0.15, -0.1) is 0 Å². The van der Waals surface area contributed by atoms with Crippen molar-refractivity contribution in [1.29, 1.82) is 0 Å². The van der Waals surface area contributed by atoms with Crippen molar-refractivity contribution in [3.8, 4) is 0 Å². The van der Waals surface area contributed by atoms with Crippen LogP contribution < -0.4 is 11.1 Å². The zero-order valence-electron chi connectivity index (χ0n) is 12.9. The minimum absolute atomic E-state index is 0.119. The van der Waals surface area contributed by atoms with Crippen molar-refractivity contribution in [1.82, 2.24) is 10.2 Å². The number of hydrogen-bond donors (Lipinski definition) is 3. The van der Waals surface area contributed by atoms with Crippen LogP contribution in [0.15, 0.2) is 23.4 Å². The summed E-state index contributed by atoms with van der Waals surface area (Å²) in [4.78, 5) is 2.26. The molecule has 0 fully saturated rings. The maximum atomic E-state index is 14.2. The number of hydrogen-bond acceptors (Lipinski definition) is 4. The molecule has 6 heteroatoms. The van der Waals surface area contributed by atoms with Crippen LogP contribution in [0.4, 0.5) is 4.39 Å². The quantitative estimate of drug-likeness (QED) is 0.225. The van der Waals surface area contributed by atoms with Crippen molar-refractivity contribution in [2.24, 2.45) is 10.9 Å². The topological polar surface area (TPSA) is 73.9 Å². The molecule has 0 radical (unpaired) electrons. The van der Waals surface area contributed by atoms with Crippen LogP contribution in [0.2, 0.25) is 0 Å². The molecular weight excluding hydrogens is 271 g/mol. The molecule has 0 saturated heterocycles. The maximum Gasteiger partial charge on any atom is 0.173 e. The predicted molar refractivity (Wildman–Crippen MR) is 83.0 cm³/mol. The molecule has 0 aromatic heterocycles. The number of nitrogens with one attached hydrogen (secondary N) is 1. The van der Waals surface area contributed by atoms with E-state index in [1.54, 1.807) is 12.1 Å². The first-order chi connectivity index (χ1) is 10.0. The zero-order valence-corrected chi connectivity index (χ0v) is 12.9. The summed E-state index contributed by atoms with van der Waals surface area (Å²) in [5.41, 5.74) is 6.06. The van der Waals surface area contributed by atoms with Crippen molar-refractivity contribution in [2.45, 2.75) is 32.9 Å². The molecular formula is C15H25FN4O. The van der Waals surface area contributed by atoms with E-state index < -0.39 is 5.82 Å². The van der Waals surface area contributed by atoms with Gasteiger partial charge in [0.2, 0.25) is 0 Å². The molecule has 0 aliphatic carbocycles. The van der Waals surface area contributed by atoms with Crippen LogP contribution in [0.25, 0.3) is 0 Å². The van der Waals surface area contributed by atoms with Gasteiger partial charge in [0.25, 0.3) is 0 Å². The van der Waals surface area contributed by atoms with Gasteiger partial charge in [-0.05, 0) is 26.5 Å². The van der Waals surface area contributed by atoms with Crippen molar-refractivity contribution in [3.63, 3.8) is 0 Å². The molecule has 21 heavy (non-hydrogen) atoms. The van der Waals surface area contributed by atoms with Crippen LogP contribution in [0.1, 0.15) is 31.4 Å². The second-order valence-corrected chi connectivity index (χ2v) is 5.18. The predicted octanol–water partition coefficient (Wildman–Crippen LogP) is 1.74. The molecule has 4 N–H and O–H groups in total. The van der Waals surface area contributed by atoms with Gasteiger partial charge in [-0.2, -0.15) is 0 Å². The van der Waals surface area contributed by atoms with E-state index in [0.29, 0.717) is 18.2 Å². The van der Waals surface area contributed by atoms with E-state index in [0.717, 1.165) is 19.5 Å². The molecule has 1 aromatic carbocycles. The van der Waals surface area contributed by atoms with Crippen LogP contribution in [0.5, 0.6) is 0 Å². The van der Waals surface area contributed by atoms with Gasteiger partial charge in [0, 0.05) is 31.2 Å². The van der Waals surface area contributed by atoms with Crippen molar-refractivity contribution < 1.29 is 9.60 Å². The van der Waals surface area contributed by atoms with Crippen molar-refractivity contribution in [2.75, 3.05) is 20.1 Å². The average molecular weight is 296 g/mol. The average Bonchev–Trinajstić information content (AvgIpc) is 2.51. The van der Waals surface area contributed by atoms with Crippen LogP contribution in [0.3, 0.4) is 0 Å². The fourth-order valence-corrected chi connectivity index (χ4v) is 1.98. The third-order valence-corrected chi connectivity index (χ3v) is 3.76. The van der Waals surface area contributed by atoms with Crippen LogP contribution in [-0.2, 0) is 6.54 Å². The smallest absolute Gasteiger partial charge is 0.173 e. The summed E-state index contributed by atoms with van der Waals surface area (Å²) in [5, 5.41) is 14.7. The highest BCUT2D eigenvalue weighted by atomic mass is 19.1. The Kier molecular flexibility index (Phi) is 7.11. The SMILES string of the molecule is CCC(C)N(C)CCNCc1cccc(/C(N)=N/O)c1F. The molecule has 5 nitrogen and oxygen atoms in total. The minimum atomic E-state index is -0.449. The monoisotopic (exact) mass is 296 g/mol. The summed E-state index contributed by atoms with van der Waals surface area (Å²) in [6.45, 7) is 6.42. The molecule has 1 atom stereocenters. The van der Waals surface area contributed by atoms with Crippen molar-refractivity contribution >= 4 is 5.84 Å². The molecule has 0 spiro atoms. The Bertz CT molecular complexity index is 479. The number of likely N-dealkylation sites (N-methyl/N-ethyl adjacent to an activating group) is 1. The number of halogens is 1. The van der Waals surface area contributed by atoms with E-state index in [-0.39, 0.29) is 11.4 Å². The molecule has 0 bridgehead atoms. The maximum absolute atomic E-state index is 14.2. The summed E-state index contributed by atoms with van der Waals surface area (Å²) in [6, 6.07) is 5.41. The first-order valence-electron chi connectivity index (χ1n) is 7.17. The molecule has 1 unspecified atom stereocenters. The second-order valence-electron chi connectivity index (χ2n) is 5.18. The van der Waals surface area contributed by atoms with E-state index >= 15 is 0 Å². The molecule has 0 saturated carbocycles. The van der Waals surface area contributed by atoms with E-state index in [9.17, 15) is 4.39 Å². The molecule has 1 aromatic rings. The summed E-state index contributed by atoms with van der Waals surface area (Å²) in [7, 11) is 2.08. The van der Waals surface area contributed by atoms with E-state index in [1.807, 2.05) is 0 Å². The zero-order chi connectivity index (χ0) is 15.8. The lowest BCUT2D eigenvalue weighted by molar-refractivity contribution is 0.251. The lowest BCUT2D eigenvalue weighted by Crippen LogP contribution is -2.35. The highest BCUT2D eigenvalue weighted by Crippen LogP contribution is 2.12. The summed E-state index contributed by atoms with van der Waals surface area (Å²) < 4.78 is 14.2. The summed E-state index contributed by atoms with van der Waals surface area (Å²) in [5.74, 6) is -0.665. The fraction of sp³-hybridized carbons (Fsp3) is 0.533. The summed E-state index contributed by atoms with van der Waals surface area (Å²) in [6.07, 6.45) is 1.10. The Morgan fingerprint density at radius 2 is 2.24 bits per heavy atom. The second kappa shape index (κ2) is 8.59. The van der Waals surface area contributed by atoms with Crippen LogP contribution in [-0.4, -0.2) is 42.1 Å². The Morgan fingerprint density at radius 1 is 1.52 bits per heavy atom. The Hall–Kier alpha value is -1.66. The standard InChI is InChI=1S/C15H25FN4O/c1-4-11(2)20(3)9-8-18-10-12-6-5-7-13(14(12)16)15(17)19-21/h5-7,11,18,21H,4,8-10H2,1-3H3,(H2,17,19). The molecule has 0 heterocycles. The number of rotatable bonds is 8. The molecule has 1 rings (SSSR count). The minimum Gasteiger partial charge on any atom is -0.409 e. The van der Waals surface area contributed by atoms with Gasteiger partial charge in [0.15, 0.2) is 5.84 Å². The van der Waals surface area contributed by atoms with E-state index in [2.05, 4.69) is 36.3 Å². The number of amidine groups is 1. The fourth-order valence-electron chi connectivity index (χ4n) is 1.98.